The molecule has 19 heavy (non-hydrogen) atoms. The molecule has 0 spiro atoms. The molecule has 3 N–H and O–H groups in total. The average Bonchev–Trinajstić information content (AvgIpc) is 3.07. The van der Waals surface area contributed by atoms with Crippen LogP contribution in [0.1, 0.15) is 50.9 Å². The number of amidine groups is 1. The zero-order chi connectivity index (χ0) is 13.4. The van der Waals surface area contributed by atoms with E-state index in [2.05, 4.69) is 22.0 Å². The van der Waals surface area contributed by atoms with Crippen LogP contribution in [0.5, 0.6) is 0 Å². The topological polar surface area (TPSA) is 83.8 Å². The van der Waals surface area contributed by atoms with Gasteiger partial charge in [-0.15, -0.1) is 10.2 Å². The molecule has 0 unspecified atom stereocenters. The summed E-state index contributed by atoms with van der Waals surface area (Å²) >= 11 is 0. The van der Waals surface area contributed by atoms with Crippen molar-refractivity contribution in [2.75, 3.05) is 0 Å². The van der Waals surface area contributed by atoms with Gasteiger partial charge in [-0.25, -0.2) is 0 Å². The lowest BCUT2D eigenvalue weighted by molar-refractivity contribution is 0.216. The second-order valence-corrected chi connectivity index (χ2v) is 5.23. The first-order valence-electron chi connectivity index (χ1n) is 6.97. The fourth-order valence-electron chi connectivity index (χ4n) is 3.34. The zero-order valence-corrected chi connectivity index (χ0v) is 11.2. The molecule has 0 aromatic carbocycles. The number of hydrogen-bond acceptors (Lipinski definition) is 4. The van der Waals surface area contributed by atoms with Crippen LogP contribution in [0.3, 0.4) is 0 Å². The molecule has 1 aromatic rings. The summed E-state index contributed by atoms with van der Waals surface area (Å²) in [5.41, 5.74) is 6.40. The molecule has 1 aromatic heterocycles. The van der Waals surface area contributed by atoms with Crippen LogP contribution in [0.4, 0.5) is 0 Å². The van der Waals surface area contributed by atoms with Gasteiger partial charge in [-0.1, -0.05) is 19.8 Å². The standard InChI is InChI=1S/C13H20N6/c1-2-10-13-17-16-8-18(13)11(7-14)12(15)19(10)9-5-3-4-6-9/h7-10,15H,2-6,14H2,1H3/b11-7+,15-12?/t10-/m1/s1. The van der Waals surface area contributed by atoms with E-state index in [1.165, 1.54) is 19.0 Å². The van der Waals surface area contributed by atoms with Crippen molar-refractivity contribution in [3.8, 4) is 0 Å². The molecule has 1 atom stereocenters. The van der Waals surface area contributed by atoms with E-state index in [1.54, 1.807) is 6.33 Å². The molecule has 2 heterocycles. The van der Waals surface area contributed by atoms with Crippen LogP contribution in [0, 0.1) is 5.41 Å². The van der Waals surface area contributed by atoms with Crippen LogP contribution in [-0.4, -0.2) is 31.5 Å². The molecular formula is C13H20N6. The summed E-state index contributed by atoms with van der Waals surface area (Å²) < 4.78 is 1.85. The molecular weight excluding hydrogens is 240 g/mol. The van der Waals surface area contributed by atoms with Gasteiger partial charge in [-0.05, 0) is 19.3 Å². The highest BCUT2D eigenvalue weighted by atomic mass is 15.4. The first kappa shape index (κ1) is 12.2. The number of aromatic nitrogens is 3. The van der Waals surface area contributed by atoms with Crippen LogP contribution < -0.4 is 5.73 Å². The molecule has 0 bridgehead atoms. The van der Waals surface area contributed by atoms with Crippen molar-refractivity contribution >= 4 is 11.5 Å². The number of nitrogens with one attached hydrogen (secondary N) is 1. The Labute approximate surface area is 112 Å². The summed E-state index contributed by atoms with van der Waals surface area (Å²) in [6, 6.07) is 0.583. The molecule has 0 radical (unpaired) electrons. The van der Waals surface area contributed by atoms with Crippen LogP contribution in [0.2, 0.25) is 0 Å². The van der Waals surface area contributed by atoms with E-state index in [1.807, 2.05) is 4.57 Å². The summed E-state index contributed by atoms with van der Waals surface area (Å²) in [6.45, 7) is 2.13. The number of rotatable bonds is 2. The second kappa shape index (κ2) is 4.68. The summed E-state index contributed by atoms with van der Waals surface area (Å²) in [5, 5.41) is 16.7. The molecule has 1 aliphatic heterocycles. The number of nitrogens with two attached hydrogens (primary N) is 1. The minimum Gasteiger partial charge on any atom is -0.403 e. The molecule has 0 saturated heterocycles. The number of nitrogens with zero attached hydrogens (tertiary/aromatic N) is 4. The third kappa shape index (κ3) is 1.74. The summed E-state index contributed by atoms with van der Waals surface area (Å²) in [4.78, 5) is 2.20. The summed E-state index contributed by atoms with van der Waals surface area (Å²) in [5.74, 6) is 1.41. The van der Waals surface area contributed by atoms with Gasteiger partial charge < -0.3 is 10.6 Å². The number of fused-ring (bicyclic) bond motifs is 1. The predicted molar refractivity (Wildman–Crippen MR) is 73.3 cm³/mol. The molecule has 3 rings (SSSR count). The largest absolute Gasteiger partial charge is 0.403 e. The highest BCUT2D eigenvalue weighted by molar-refractivity contribution is 6.16. The van der Waals surface area contributed by atoms with Gasteiger partial charge in [0.25, 0.3) is 0 Å². The average molecular weight is 260 g/mol. The van der Waals surface area contributed by atoms with Crippen molar-refractivity contribution in [1.82, 2.24) is 19.7 Å². The Balaban J connectivity index is 2.07. The summed E-state index contributed by atoms with van der Waals surface area (Å²) in [7, 11) is 0. The predicted octanol–water partition coefficient (Wildman–Crippen LogP) is 1.72. The van der Waals surface area contributed by atoms with Crippen LogP contribution in [0.15, 0.2) is 12.5 Å². The summed E-state index contributed by atoms with van der Waals surface area (Å²) in [6.07, 6.45) is 8.88. The van der Waals surface area contributed by atoms with Crippen molar-refractivity contribution in [3.05, 3.63) is 18.4 Å². The van der Waals surface area contributed by atoms with Gasteiger partial charge >= 0.3 is 0 Å². The van der Waals surface area contributed by atoms with Gasteiger partial charge in [-0.3, -0.25) is 9.98 Å². The van der Waals surface area contributed by atoms with Crippen molar-refractivity contribution in [2.45, 2.75) is 51.1 Å². The van der Waals surface area contributed by atoms with Crippen molar-refractivity contribution in [3.63, 3.8) is 0 Å². The van der Waals surface area contributed by atoms with Crippen LogP contribution in [-0.2, 0) is 0 Å². The lowest BCUT2D eigenvalue weighted by Gasteiger charge is -2.41. The number of hydrogen-bond donors (Lipinski definition) is 2. The van der Waals surface area contributed by atoms with Crippen molar-refractivity contribution in [2.24, 2.45) is 5.73 Å². The minimum absolute atomic E-state index is 0.141. The van der Waals surface area contributed by atoms with Gasteiger partial charge in [0, 0.05) is 12.2 Å². The smallest absolute Gasteiger partial charge is 0.160 e. The molecule has 0 amide bonds. The zero-order valence-electron chi connectivity index (χ0n) is 11.2. The van der Waals surface area contributed by atoms with E-state index >= 15 is 0 Å². The fourth-order valence-corrected chi connectivity index (χ4v) is 3.34. The van der Waals surface area contributed by atoms with E-state index in [-0.39, 0.29) is 6.04 Å². The lowest BCUT2D eigenvalue weighted by Crippen LogP contribution is -2.46. The molecule has 6 heteroatoms. The molecule has 2 aliphatic rings. The Hall–Kier alpha value is -1.85. The van der Waals surface area contributed by atoms with Gasteiger partial charge in [0.1, 0.15) is 17.9 Å². The van der Waals surface area contributed by atoms with Gasteiger partial charge in [0.15, 0.2) is 5.82 Å². The molecule has 1 aliphatic carbocycles. The van der Waals surface area contributed by atoms with Crippen LogP contribution >= 0.6 is 0 Å². The SMILES string of the molecule is CC[C@@H]1c2nncn2/C(=C/N)C(=N)N1C1CCCC1. The second-order valence-electron chi connectivity index (χ2n) is 5.23. The van der Waals surface area contributed by atoms with Gasteiger partial charge in [0.05, 0.1) is 6.04 Å². The van der Waals surface area contributed by atoms with E-state index in [9.17, 15) is 0 Å². The molecule has 1 fully saturated rings. The molecule has 102 valence electrons. The lowest BCUT2D eigenvalue weighted by atomic mass is 10.0. The van der Waals surface area contributed by atoms with Crippen molar-refractivity contribution in [1.29, 1.82) is 5.41 Å². The quantitative estimate of drug-likeness (QED) is 0.848. The Bertz CT molecular complexity index is 511. The Morgan fingerprint density at radius 2 is 2.21 bits per heavy atom. The third-order valence-corrected chi connectivity index (χ3v) is 4.23. The normalized spacial score (nSPS) is 26.2. The van der Waals surface area contributed by atoms with Crippen molar-refractivity contribution < 1.29 is 0 Å². The highest BCUT2D eigenvalue weighted by Crippen LogP contribution is 2.37. The molecule has 1 saturated carbocycles. The minimum atomic E-state index is 0.141. The maximum atomic E-state index is 8.47. The first-order chi connectivity index (χ1) is 9.27. The van der Waals surface area contributed by atoms with Gasteiger partial charge in [-0.2, -0.15) is 0 Å². The maximum absolute atomic E-state index is 8.47. The van der Waals surface area contributed by atoms with E-state index in [4.69, 9.17) is 11.1 Å². The first-order valence-corrected chi connectivity index (χ1v) is 6.97. The Morgan fingerprint density at radius 3 is 2.84 bits per heavy atom. The Morgan fingerprint density at radius 1 is 1.47 bits per heavy atom. The monoisotopic (exact) mass is 260 g/mol. The fraction of sp³-hybridized carbons (Fsp3) is 0.615. The van der Waals surface area contributed by atoms with E-state index < -0.39 is 0 Å². The maximum Gasteiger partial charge on any atom is 0.160 e. The highest BCUT2D eigenvalue weighted by Gasteiger charge is 2.38. The van der Waals surface area contributed by atoms with Gasteiger partial charge in [0.2, 0.25) is 0 Å². The van der Waals surface area contributed by atoms with Crippen LogP contribution in [0.25, 0.3) is 5.70 Å². The Kier molecular flexibility index (Phi) is 3.00. The third-order valence-electron chi connectivity index (χ3n) is 4.23. The van der Waals surface area contributed by atoms with E-state index in [0.29, 0.717) is 17.6 Å². The molecule has 6 nitrogen and oxygen atoms in total. The van der Waals surface area contributed by atoms with E-state index in [0.717, 1.165) is 25.1 Å².